The summed E-state index contributed by atoms with van der Waals surface area (Å²) in [6, 6.07) is 8.55. The second-order valence-electron chi connectivity index (χ2n) is 4.50. The van der Waals surface area contributed by atoms with Gasteiger partial charge in [0.15, 0.2) is 0 Å². The van der Waals surface area contributed by atoms with Crippen LogP contribution in [0.3, 0.4) is 0 Å². The molecule has 0 bridgehead atoms. The van der Waals surface area contributed by atoms with E-state index in [4.69, 9.17) is 15.2 Å². The van der Waals surface area contributed by atoms with Gasteiger partial charge < -0.3 is 19.8 Å². The molecule has 0 fully saturated rings. The summed E-state index contributed by atoms with van der Waals surface area (Å²) in [5, 5.41) is 1.30. The Morgan fingerprint density at radius 2 is 2.05 bits per heavy atom. The SMILES string of the molecule is COCCOCCn1ccc2c(CCN)cccc21. The maximum Gasteiger partial charge on any atom is 0.0701 e. The monoisotopic (exact) mass is 262 g/mol. The summed E-state index contributed by atoms with van der Waals surface area (Å²) in [6.07, 6.45) is 3.04. The molecule has 0 amide bonds. The van der Waals surface area contributed by atoms with Crippen LogP contribution >= 0.6 is 0 Å². The summed E-state index contributed by atoms with van der Waals surface area (Å²) in [4.78, 5) is 0. The molecule has 2 rings (SSSR count). The van der Waals surface area contributed by atoms with E-state index in [0.29, 0.717) is 26.4 Å². The number of fused-ring (bicyclic) bond motifs is 1. The molecule has 1 aromatic carbocycles. The number of nitrogens with two attached hydrogens (primary N) is 1. The van der Waals surface area contributed by atoms with Crippen molar-refractivity contribution in [1.29, 1.82) is 0 Å². The number of benzene rings is 1. The van der Waals surface area contributed by atoms with Gasteiger partial charge in [0.1, 0.15) is 0 Å². The largest absolute Gasteiger partial charge is 0.382 e. The van der Waals surface area contributed by atoms with E-state index < -0.39 is 0 Å². The van der Waals surface area contributed by atoms with E-state index in [0.717, 1.165) is 13.0 Å². The van der Waals surface area contributed by atoms with E-state index in [1.54, 1.807) is 7.11 Å². The molecule has 0 saturated carbocycles. The minimum absolute atomic E-state index is 0.646. The maximum atomic E-state index is 5.65. The van der Waals surface area contributed by atoms with Gasteiger partial charge in [0.25, 0.3) is 0 Å². The van der Waals surface area contributed by atoms with Crippen LogP contribution in [0.1, 0.15) is 5.56 Å². The van der Waals surface area contributed by atoms with Crippen LogP contribution in [-0.4, -0.2) is 38.0 Å². The molecule has 1 aromatic heterocycles. The highest BCUT2D eigenvalue weighted by atomic mass is 16.5. The van der Waals surface area contributed by atoms with Crippen LogP contribution in [0.5, 0.6) is 0 Å². The minimum Gasteiger partial charge on any atom is -0.382 e. The van der Waals surface area contributed by atoms with Gasteiger partial charge in [-0.25, -0.2) is 0 Å². The Morgan fingerprint density at radius 1 is 1.16 bits per heavy atom. The zero-order valence-corrected chi connectivity index (χ0v) is 11.5. The quantitative estimate of drug-likeness (QED) is 0.738. The lowest BCUT2D eigenvalue weighted by Crippen LogP contribution is -2.08. The maximum absolute atomic E-state index is 5.65. The summed E-state index contributed by atoms with van der Waals surface area (Å²) in [7, 11) is 1.68. The van der Waals surface area contributed by atoms with Crippen molar-refractivity contribution in [2.75, 3.05) is 33.5 Å². The van der Waals surface area contributed by atoms with Gasteiger partial charge in [-0.1, -0.05) is 12.1 Å². The summed E-state index contributed by atoms with van der Waals surface area (Å²) in [5.41, 5.74) is 8.22. The predicted octanol–water partition coefficient (Wildman–Crippen LogP) is 1.81. The zero-order valence-electron chi connectivity index (χ0n) is 11.5. The first kappa shape index (κ1) is 14.1. The van der Waals surface area contributed by atoms with Crippen LogP contribution in [0.2, 0.25) is 0 Å². The van der Waals surface area contributed by atoms with Gasteiger partial charge in [-0.05, 0) is 30.7 Å². The molecule has 19 heavy (non-hydrogen) atoms. The molecule has 0 spiro atoms. The zero-order chi connectivity index (χ0) is 13.5. The van der Waals surface area contributed by atoms with Gasteiger partial charge in [-0.2, -0.15) is 0 Å². The van der Waals surface area contributed by atoms with Crippen molar-refractivity contribution in [1.82, 2.24) is 4.57 Å². The topological polar surface area (TPSA) is 49.4 Å². The third-order valence-corrected chi connectivity index (χ3v) is 3.23. The van der Waals surface area contributed by atoms with Crippen molar-refractivity contribution in [2.24, 2.45) is 5.73 Å². The molecule has 0 atom stereocenters. The molecule has 0 aliphatic heterocycles. The molecule has 4 nitrogen and oxygen atoms in total. The fraction of sp³-hybridized carbons (Fsp3) is 0.467. The Balaban J connectivity index is 2.02. The van der Waals surface area contributed by atoms with Crippen LogP contribution in [-0.2, 0) is 22.4 Å². The number of rotatable bonds is 8. The molecular formula is C15H22N2O2. The lowest BCUT2D eigenvalue weighted by molar-refractivity contribution is 0.0670. The van der Waals surface area contributed by atoms with Crippen molar-refractivity contribution in [3.05, 3.63) is 36.0 Å². The molecule has 2 N–H and O–H groups in total. The predicted molar refractivity (Wildman–Crippen MR) is 77.4 cm³/mol. The third kappa shape index (κ3) is 3.56. The first-order valence-corrected chi connectivity index (χ1v) is 6.70. The van der Waals surface area contributed by atoms with Crippen LogP contribution < -0.4 is 5.73 Å². The summed E-state index contributed by atoms with van der Waals surface area (Å²) in [5.74, 6) is 0. The van der Waals surface area contributed by atoms with Crippen molar-refractivity contribution in [3.8, 4) is 0 Å². The van der Waals surface area contributed by atoms with E-state index in [1.807, 2.05) is 0 Å². The Kier molecular flexibility index (Phi) is 5.39. The smallest absolute Gasteiger partial charge is 0.0701 e. The van der Waals surface area contributed by atoms with Crippen LogP contribution in [0, 0.1) is 0 Å². The molecule has 0 aliphatic rings. The summed E-state index contributed by atoms with van der Waals surface area (Å²) in [6.45, 7) is 3.54. The highest BCUT2D eigenvalue weighted by molar-refractivity contribution is 5.83. The molecule has 0 radical (unpaired) electrons. The van der Waals surface area contributed by atoms with E-state index in [-0.39, 0.29) is 0 Å². The summed E-state index contributed by atoms with van der Waals surface area (Å²) >= 11 is 0. The van der Waals surface area contributed by atoms with Crippen LogP contribution in [0.25, 0.3) is 10.9 Å². The number of hydrogen-bond acceptors (Lipinski definition) is 3. The number of aromatic nitrogens is 1. The average molecular weight is 262 g/mol. The van der Waals surface area contributed by atoms with Gasteiger partial charge in [0.2, 0.25) is 0 Å². The Hall–Kier alpha value is -1.36. The van der Waals surface area contributed by atoms with Crippen molar-refractivity contribution < 1.29 is 9.47 Å². The molecule has 0 unspecified atom stereocenters. The van der Waals surface area contributed by atoms with E-state index >= 15 is 0 Å². The number of hydrogen-bond donors (Lipinski definition) is 1. The van der Waals surface area contributed by atoms with Gasteiger partial charge in [0, 0.05) is 30.8 Å². The van der Waals surface area contributed by atoms with Gasteiger partial charge in [0.05, 0.1) is 19.8 Å². The van der Waals surface area contributed by atoms with E-state index in [1.165, 1.54) is 16.5 Å². The molecule has 104 valence electrons. The third-order valence-electron chi connectivity index (χ3n) is 3.23. The van der Waals surface area contributed by atoms with Crippen LogP contribution in [0.4, 0.5) is 0 Å². The molecule has 0 aliphatic carbocycles. The lowest BCUT2D eigenvalue weighted by Gasteiger charge is -2.07. The highest BCUT2D eigenvalue weighted by Gasteiger charge is 2.04. The first-order chi connectivity index (χ1) is 9.36. The van der Waals surface area contributed by atoms with Crippen molar-refractivity contribution in [3.63, 3.8) is 0 Å². The molecule has 0 saturated heterocycles. The second kappa shape index (κ2) is 7.28. The fourth-order valence-corrected chi connectivity index (χ4v) is 2.26. The second-order valence-corrected chi connectivity index (χ2v) is 4.50. The molecule has 2 aromatic rings. The van der Waals surface area contributed by atoms with Crippen molar-refractivity contribution in [2.45, 2.75) is 13.0 Å². The number of methoxy groups -OCH3 is 1. The van der Waals surface area contributed by atoms with E-state index in [2.05, 4.69) is 35.0 Å². The summed E-state index contributed by atoms with van der Waals surface area (Å²) < 4.78 is 12.7. The standard InChI is InChI=1S/C15H22N2O2/c1-18-11-12-19-10-9-17-8-6-14-13(5-7-16)3-2-4-15(14)17/h2-4,6,8H,5,7,9-12,16H2,1H3. The molecule has 1 heterocycles. The molecular weight excluding hydrogens is 240 g/mol. The van der Waals surface area contributed by atoms with E-state index in [9.17, 15) is 0 Å². The lowest BCUT2D eigenvalue weighted by atomic mass is 10.1. The average Bonchev–Trinajstić information content (AvgIpc) is 2.83. The first-order valence-electron chi connectivity index (χ1n) is 6.70. The van der Waals surface area contributed by atoms with Crippen molar-refractivity contribution >= 4 is 10.9 Å². The van der Waals surface area contributed by atoms with Gasteiger partial charge in [-0.3, -0.25) is 0 Å². The van der Waals surface area contributed by atoms with Gasteiger partial charge in [-0.15, -0.1) is 0 Å². The number of ether oxygens (including phenoxy) is 2. The fourth-order valence-electron chi connectivity index (χ4n) is 2.26. The minimum atomic E-state index is 0.646. The Bertz CT molecular complexity index is 508. The number of nitrogens with zero attached hydrogens (tertiary/aromatic N) is 1. The molecule has 4 heteroatoms. The highest BCUT2D eigenvalue weighted by Crippen LogP contribution is 2.20. The van der Waals surface area contributed by atoms with Gasteiger partial charge >= 0.3 is 0 Å². The Morgan fingerprint density at radius 3 is 2.84 bits per heavy atom. The normalized spacial score (nSPS) is 11.3. The van der Waals surface area contributed by atoms with Crippen LogP contribution in [0.15, 0.2) is 30.5 Å². The Labute approximate surface area is 114 Å².